The standard InChI is InChI=1S/C24H25F3N6O6S2/c25-24(26,27)39-18-11-15-13(3-5-29-20(15)28)9-14(18)10-17(22(35)36)33-8-4-16(21(33)34)31-41(37,38)19-12-30-23(40-19)32-6-1-2-7-32/h3,5,9,11-12,16-17,31H,1-2,4,6-8,10H2,(H2,28,29)(H,35,36)/t16?,17-/m1/s1. The zero-order chi connectivity index (χ0) is 29.5. The predicted molar refractivity (Wildman–Crippen MR) is 142 cm³/mol. The lowest BCUT2D eigenvalue weighted by molar-refractivity contribution is -0.274. The van der Waals surface area contributed by atoms with Crippen LogP contribution in [-0.4, -0.2) is 78.3 Å². The highest BCUT2D eigenvalue weighted by Gasteiger charge is 2.42. The molecule has 0 bridgehead atoms. The fraction of sp³-hybridized carbons (Fsp3) is 0.417. The van der Waals surface area contributed by atoms with E-state index in [1.165, 1.54) is 24.5 Å². The number of thiazole rings is 1. The molecule has 0 aliphatic carbocycles. The Balaban J connectivity index is 1.37. The number of nitrogens with two attached hydrogens (primary N) is 1. The first-order valence-corrected chi connectivity index (χ1v) is 14.8. The molecule has 2 fully saturated rings. The van der Waals surface area contributed by atoms with Crippen molar-refractivity contribution in [2.24, 2.45) is 0 Å². The summed E-state index contributed by atoms with van der Waals surface area (Å²) in [4.78, 5) is 36.4. The van der Waals surface area contributed by atoms with Crippen LogP contribution in [-0.2, 0) is 26.0 Å². The van der Waals surface area contributed by atoms with E-state index in [0.717, 1.165) is 48.2 Å². The summed E-state index contributed by atoms with van der Waals surface area (Å²) in [6, 6.07) is 0.949. The van der Waals surface area contributed by atoms with Gasteiger partial charge in [-0.05, 0) is 48.4 Å². The molecule has 0 saturated carbocycles. The van der Waals surface area contributed by atoms with Gasteiger partial charge in [0.15, 0.2) is 9.34 Å². The fourth-order valence-electron chi connectivity index (χ4n) is 4.98. The highest BCUT2D eigenvalue weighted by atomic mass is 32.2. The van der Waals surface area contributed by atoms with Gasteiger partial charge >= 0.3 is 12.3 Å². The molecule has 220 valence electrons. The first-order chi connectivity index (χ1) is 19.3. The second-order valence-corrected chi connectivity index (χ2v) is 12.6. The first-order valence-electron chi connectivity index (χ1n) is 12.5. The number of likely N-dealkylation sites (tertiary alicyclic amines) is 1. The molecule has 4 N–H and O–H groups in total. The van der Waals surface area contributed by atoms with Gasteiger partial charge in [-0.15, -0.1) is 13.2 Å². The number of benzene rings is 1. The number of sulfonamides is 1. The summed E-state index contributed by atoms with van der Waals surface area (Å²) in [7, 11) is -4.15. The average molecular weight is 615 g/mol. The molecule has 5 rings (SSSR count). The van der Waals surface area contributed by atoms with E-state index in [-0.39, 0.29) is 33.9 Å². The van der Waals surface area contributed by atoms with Crippen molar-refractivity contribution < 1.29 is 41.0 Å². The van der Waals surface area contributed by atoms with Gasteiger partial charge in [0.2, 0.25) is 5.91 Å². The van der Waals surface area contributed by atoms with Crippen molar-refractivity contribution in [2.75, 3.05) is 30.3 Å². The molecular formula is C24H25F3N6O6S2. The summed E-state index contributed by atoms with van der Waals surface area (Å²) in [6.07, 6.45) is -1.16. The number of amides is 1. The molecule has 2 aliphatic heterocycles. The molecule has 1 unspecified atom stereocenters. The quantitative estimate of drug-likeness (QED) is 0.325. The number of hydrogen-bond acceptors (Lipinski definition) is 10. The number of nitrogens with one attached hydrogen (secondary N) is 1. The van der Waals surface area contributed by atoms with E-state index in [9.17, 15) is 36.3 Å². The molecule has 2 aliphatic rings. The third-order valence-electron chi connectivity index (χ3n) is 6.93. The molecule has 1 aromatic carbocycles. The Morgan fingerprint density at radius 3 is 2.66 bits per heavy atom. The van der Waals surface area contributed by atoms with Crippen LogP contribution < -0.4 is 20.1 Å². The van der Waals surface area contributed by atoms with Gasteiger partial charge in [-0.1, -0.05) is 11.3 Å². The smallest absolute Gasteiger partial charge is 0.480 e. The molecule has 2 saturated heterocycles. The first kappa shape index (κ1) is 28.8. The summed E-state index contributed by atoms with van der Waals surface area (Å²) in [5.41, 5.74) is 5.65. The van der Waals surface area contributed by atoms with Gasteiger partial charge < -0.3 is 25.4 Å². The molecule has 0 spiro atoms. The van der Waals surface area contributed by atoms with Crippen LogP contribution in [0.2, 0.25) is 0 Å². The number of alkyl halides is 3. The Morgan fingerprint density at radius 2 is 1.98 bits per heavy atom. The zero-order valence-corrected chi connectivity index (χ0v) is 22.9. The van der Waals surface area contributed by atoms with Gasteiger partial charge in [0.05, 0.1) is 6.20 Å². The molecule has 4 heterocycles. The van der Waals surface area contributed by atoms with Gasteiger partial charge in [0.1, 0.15) is 23.7 Å². The van der Waals surface area contributed by atoms with Crippen molar-refractivity contribution in [3.63, 3.8) is 0 Å². The molecule has 1 amide bonds. The van der Waals surface area contributed by atoms with Crippen LogP contribution in [0.5, 0.6) is 5.75 Å². The number of halogens is 3. The van der Waals surface area contributed by atoms with E-state index < -0.39 is 52.5 Å². The maximum atomic E-state index is 13.2. The number of anilines is 2. The van der Waals surface area contributed by atoms with Crippen LogP contribution in [0.25, 0.3) is 10.8 Å². The summed E-state index contributed by atoms with van der Waals surface area (Å²) >= 11 is 0.970. The molecular weight excluding hydrogens is 589 g/mol. The van der Waals surface area contributed by atoms with Crippen LogP contribution in [0.4, 0.5) is 24.1 Å². The van der Waals surface area contributed by atoms with Crippen LogP contribution in [0.1, 0.15) is 24.8 Å². The van der Waals surface area contributed by atoms with Crippen molar-refractivity contribution in [1.82, 2.24) is 19.6 Å². The summed E-state index contributed by atoms with van der Waals surface area (Å²) < 4.78 is 72.0. The van der Waals surface area contributed by atoms with Gasteiger partial charge in [0.25, 0.3) is 10.0 Å². The minimum atomic E-state index is -5.09. The lowest BCUT2D eigenvalue weighted by Gasteiger charge is -2.26. The third kappa shape index (κ3) is 6.15. The number of ether oxygens (including phenoxy) is 1. The number of carbonyl (C=O) groups excluding carboxylic acids is 1. The second-order valence-electron chi connectivity index (χ2n) is 9.63. The third-order valence-corrected chi connectivity index (χ3v) is 9.92. The number of nitrogen functional groups attached to an aromatic ring is 1. The van der Waals surface area contributed by atoms with E-state index in [4.69, 9.17) is 5.73 Å². The van der Waals surface area contributed by atoms with Crippen molar-refractivity contribution >= 4 is 55.0 Å². The summed E-state index contributed by atoms with van der Waals surface area (Å²) in [6.45, 7) is 1.40. The van der Waals surface area contributed by atoms with E-state index in [0.29, 0.717) is 10.5 Å². The number of carbonyl (C=O) groups is 2. The Hall–Kier alpha value is -3.70. The lowest BCUT2D eigenvalue weighted by atomic mass is 10.00. The molecule has 0 radical (unpaired) electrons. The fourth-order valence-corrected chi connectivity index (χ4v) is 7.39. The van der Waals surface area contributed by atoms with E-state index in [1.54, 1.807) is 0 Å². The monoisotopic (exact) mass is 614 g/mol. The van der Waals surface area contributed by atoms with E-state index in [2.05, 4.69) is 19.4 Å². The summed E-state index contributed by atoms with van der Waals surface area (Å²) in [5.74, 6) is -3.02. The topological polar surface area (TPSA) is 168 Å². The SMILES string of the molecule is Nc1nccc2cc(C[C@H](C(=O)O)N3CCC(NS(=O)(=O)c4cnc(N5CCCC5)s4)C3=O)c(OC(F)(F)F)cc12. The Bertz CT molecular complexity index is 1590. The number of hydrogen-bond donors (Lipinski definition) is 3. The number of aliphatic carboxylic acids is 1. The van der Waals surface area contributed by atoms with Crippen molar-refractivity contribution in [3.05, 3.63) is 36.2 Å². The highest BCUT2D eigenvalue weighted by Crippen LogP contribution is 2.34. The number of nitrogens with zero attached hydrogens (tertiary/aromatic N) is 4. The predicted octanol–water partition coefficient (Wildman–Crippen LogP) is 2.35. The molecule has 3 aromatic rings. The van der Waals surface area contributed by atoms with Gasteiger partial charge in [-0.3, -0.25) is 4.79 Å². The van der Waals surface area contributed by atoms with Gasteiger partial charge in [-0.2, -0.15) is 4.72 Å². The number of rotatable bonds is 9. The normalized spacial score (nSPS) is 18.8. The second kappa shape index (κ2) is 10.9. The van der Waals surface area contributed by atoms with Crippen molar-refractivity contribution in [1.29, 1.82) is 0 Å². The minimum absolute atomic E-state index is 0.0362. The largest absolute Gasteiger partial charge is 0.573 e. The Labute approximate surface area is 236 Å². The Morgan fingerprint density at radius 1 is 1.24 bits per heavy atom. The maximum Gasteiger partial charge on any atom is 0.573 e. The van der Waals surface area contributed by atoms with Crippen LogP contribution in [0, 0.1) is 0 Å². The average Bonchev–Trinajstić information content (AvgIpc) is 3.65. The zero-order valence-electron chi connectivity index (χ0n) is 21.3. The number of fused-ring (bicyclic) bond motifs is 1. The Kier molecular flexibility index (Phi) is 7.69. The maximum absolute atomic E-state index is 13.2. The number of carboxylic acid groups (broad SMARTS) is 1. The summed E-state index contributed by atoms with van der Waals surface area (Å²) in [5, 5.41) is 11.1. The molecule has 41 heavy (non-hydrogen) atoms. The molecule has 12 nitrogen and oxygen atoms in total. The van der Waals surface area contributed by atoms with Crippen molar-refractivity contribution in [3.8, 4) is 5.75 Å². The highest BCUT2D eigenvalue weighted by molar-refractivity contribution is 7.91. The van der Waals surface area contributed by atoms with Crippen LogP contribution >= 0.6 is 11.3 Å². The number of pyridine rings is 1. The number of aromatic nitrogens is 2. The van der Waals surface area contributed by atoms with Gasteiger partial charge in [-0.25, -0.2) is 23.2 Å². The van der Waals surface area contributed by atoms with E-state index >= 15 is 0 Å². The number of carboxylic acids is 1. The lowest BCUT2D eigenvalue weighted by Crippen LogP contribution is -2.48. The molecule has 2 aromatic heterocycles. The van der Waals surface area contributed by atoms with Crippen LogP contribution in [0.15, 0.2) is 34.8 Å². The molecule has 2 atom stereocenters. The molecule has 17 heteroatoms. The van der Waals surface area contributed by atoms with Crippen molar-refractivity contribution in [2.45, 2.75) is 48.3 Å². The minimum Gasteiger partial charge on any atom is -0.480 e. The van der Waals surface area contributed by atoms with Crippen LogP contribution in [0.3, 0.4) is 0 Å². The van der Waals surface area contributed by atoms with Gasteiger partial charge in [0, 0.05) is 37.6 Å². The van der Waals surface area contributed by atoms with E-state index in [1.807, 2.05) is 4.90 Å².